The second-order valence-corrected chi connectivity index (χ2v) is 18.2. The van der Waals surface area contributed by atoms with E-state index in [1.165, 1.54) is 28.3 Å². The van der Waals surface area contributed by atoms with Crippen LogP contribution in [0, 0.1) is 5.92 Å². The van der Waals surface area contributed by atoms with Crippen molar-refractivity contribution in [1.82, 2.24) is 34.4 Å². The number of nitrogens with two attached hydrogens (primary N) is 1. The van der Waals surface area contributed by atoms with Crippen LogP contribution >= 0.6 is 38.1 Å². The monoisotopic (exact) mass is 803 g/mol. The quantitative estimate of drug-likeness (QED) is 0.149. The third-order valence-corrected chi connectivity index (χ3v) is 12.4. The predicted molar refractivity (Wildman–Crippen MR) is 184 cm³/mol. The van der Waals surface area contributed by atoms with E-state index in [2.05, 4.69) is 54.7 Å². The molecule has 4 fully saturated rings. The van der Waals surface area contributed by atoms with E-state index in [9.17, 15) is 28.6 Å². The number of anilines is 1. The van der Waals surface area contributed by atoms with Crippen LogP contribution < -0.4 is 21.3 Å². The second kappa shape index (κ2) is 15.1. The van der Waals surface area contributed by atoms with Crippen molar-refractivity contribution in [2.75, 3.05) is 31.6 Å². The topological polar surface area (TPSA) is 275 Å². The maximum atomic E-state index is 13.7. The van der Waals surface area contributed by atoms with Gasteiger partial charge in [-0.2, -0.15) is 4.98 Å². The van der Waals surface area contributed by atoms with Crippen LogP contribution in [-0.4, -0.2) is 114 Å². The van der Waals surface area contributed by atoms with Crippen molar-refractivity contribution in [3.05, 3.63) is 35.3 Å². The first-order chi connectivity index (χ1) is 24.8. The zero-order chi connectivity index (χ0) is 36.8. The molecule has 0 unspecified atom stereocenters. The van der Waals surface area contributed by atoms with E-state index in [0.717, 1.165) is 0 Å². The Kier molecular flexibility index (Phi) is 10.8. The van der Waals surface area contributed by atoms with Crippen molar-refractivity contribution in [3.8, 4) is 5.88 Å². The molecule has 2 amide bonds. The molecule has 21 nitrogen and oxygen atoms in total. The van der Waals surface area contributed by atoms with Gasteiger partial charge in [-0.25, -0.2) is 24.1 Å². The Bertz CT molecular complexity index is 1980. The minimum absolute atomic E-state index is 0.115. The number of hydrogen-bond acceptors (Lipinski definition) is 17. The molecule has 3 saturated heterocycles. The number of nitrogens with zero attached hydrogens (tertiary/aromatic N) is 6. The van der Waals surface area contributed by atoms with Gasteiger partial charge in [-0.15, -0.1) is 0 Å². The predicted octanol–water partition coefficient (Wildman–Crippen LogP) is 0.807. The number of likely N-dealkylation sites (tertiary alicyclic amines) is 1. The number of fused-ring (bicyclic) bond motifs is 4. The molecule has 52 heavy (non-hydrogen) atoms. The molecular weight excluding hydrogens is 768 g/mol. The number of thiol groups is 2. The maximum Gasteiger partial charge on any atom is 0.386 e. The van der Waals surface area contributed by atoms with Gasteiger partial charge in [-0.3, -0.25) is 42.8 Å². The van der Waals surface area contributed by atoms with E-state index in [1.807, 2.05) is 0 Å². The molecule has 2 bridgehead atoms. The second-order valence-electron chi connectivity index (χ2n) is 12.5. The number of carbonyl (C=O) groups is 2. The molecule has 3 aromatic rings. The first-order valence-corrected chi connectivity index (χ1v) is 21.5. The van der Waals surface area contributed by atoms with Gasteiger partial charge in [-0.1, -0.05) is 24.5 Å². The zero-order valence-electron chi connectivity index (χ0n) is 27.1. The van der Waals surface area contributed by atoms with Gasteiger partial charge in [0.05, 0.1) is 32.2 Å². The first-order valence-electron chi connectivity index (χ1n) is 16.2. The van der Waals surface area contributed by atoms with Crippen molar-refractivity contribution in [3.63, 3.8) is 0 Å². The van der Waals surface area contributed by atoms with E-state index in [1.54, 1.807) is 6.07 Å². The number of nitrogens with one attached hydrogen (secondary N) is 2. The summed E-state index contributed by atoms with van der Waals surface area (Å²) in [5.74, 6) is -1.47. The number of aliphatic hydroxyl groups excluding tert-OH is 1. The molecule has 0 aromatic carbocycles. The fourth-order valence-electron chi connectivity index (χ4n) is 6.72. The average molecular weight is 804 g/mol. The summed E-state index contributed by atoms with van der Waals surface area (Å²) in [4.78, 5) is 58.7. The summed E-state index contributed by atoms with van der Waals surface area (Å²) in [6.07, 6.45) is -1.40. The van der Waals surface area contributed by atoms with Crippen LogP contribution in [0.4, 0.5) is 5.95 Å². The molecule has 4 aliphatic rings. The lowest BCUT2D eigenvalue weighted by Crippen LogP contribution is -2.45. The van der Waals surface area contributed by atoms with E-state index >= 15 is 0 Å². The van der Waals surface area contributed by atoms with Gasteiger partial charge in [0.15, 0.2) is 17.4 Å². The maximum absolute atomic E-state index is 13.7. The van der Waals surface area contributed by atoms with Gasteiger partial charge in [0.1, 0.15) is 36.8 Å². The molecule has 6 heterocycles. The third-order valence-electron chi connectivity index (χ3n) is 9.12. The highest BCUT2D eigenvalue weighted by Crippen LogP contribution is 2.60. The summed E-state index contributed by atoms with van der Waals surface area (Å²) < 4.78 is 63.2. The van der Waals surface area contributed by atoms with E-state index < -0.39 is 86.3 Å². The number of H-pyrrole nitrogens is 1. The molecule has 282 valence electrons. The van der Waals surface area contributed by atoms with Crippen molar-refractivity contribution < 1.29 is 51.4 Å². The molecular formula is C27H35N9O12P2S2. The number of imidazole rings is 1. The van der Waals surface area contributed by atoms with Crippen LogP contribution in [0.25, 0.3) is 11.2 Å². The number of aromatic amines is 1. The van der Waals surface area contributed by atoms with Crippen LogP contribution in [0.1, 0.15) is 31.9 Å². The number of amides is 2. The highest BCUT2D eigenvalue weighted by molar-refractivity contribution is 8.44. The van der Waals surface area contributed by atoms with Crippen molar-refractivity contribution >= 4 is 67.0 Å². The molecule has 0 spiro atoms. The normalized spacial score (nSPS) is 35.3. The number of carbonyl (C=O) groups excluding carboxylic acids is 2. The SMILES string of the molecule is NCC(=O)N1CCC[C@@H]1C(=O)Nc1nc2c(ncn2[C@@H]2O[C@@H]3CO[P@@](=O)(S)O[C@H]4C[C@H](Oc5ccncn5)C[C@@H]4CO[P@@](=O)(S)O[C@@H]2[C@@H]3O)c(=O)[nH]1. The van der Waals surface area contributed by atoms with E-state index in [-0.39, 0.29) is 36.7 Å². The minimum atomic E-state index is -4.28. The van der Waals surface area contributed by atoms with Crippen LogP contribution in [0.3, 0.4) is 0 Å². The summed E-state index contributed by atoms with van der Waals surface area (Å²) >= 11 is 8.33. The summed E-state index contributed by atoms with van der Waals surface area (Å²) in [6, 6.07) is 0.752. The lowest BCUT2D eigenvalue weighted by Gasteiger charge is -2.26. The van der Waals surface area contributed by atoms with Gasteiger partial charge in [-0.05, 0) is 19.3 Å². The Labute approximate surface area is 305 Å². The van der Waals surface area contributed by atoms with Crippen LogP contribution in [0.15, 0.2) is 29.7 Å². The molecule has 25 heteroatoms. The number of ether oxygens (including phenoxy) is 2. The Morgan fingerprint density at radius 2 is 1.92 bits per heavy atom. The molecule has 3 aliphatic heterocycles. The van der Waals surface area contributed by atoms with Gasteiger partial charge < -0.3 is 29.7 Å². The lowest BCUT2D eigenvalue weighted by molar-refractivity contribution is -0.135. The third kappa shape index (κ3) is 7.95. The van der Waals surface area contributed by atoms with E-state index in [0.29, 0.717) is 31.7 Å². The van der Waals surface area contributed by atoms with Gasteiger partial charge in [0.2, 0.25) is 23.6 Å². The number of hydrogen-bond donors (Lipinski definition) is 6. The lowest BCUT2D eigenvalue weighted by atomic mass is 10.1. The van der Waals surface area contributed by atoms with Gasteiger partial charge >= 0.3 is 13.6 Å². The van der Waals surface area contributed by atoms with Crippen molar-refractivity contribution in [2.24, 2.45) is 11.7 Å². The molecule has 3 aromatic heterocycles. The Morgan fingerprint density at radius 1 is 1.13 bits per heavy atom. The molecule has 1 aliphatic carbocycles. The summed E-state index contributed by atoms with van der Waals surface area (Å²) in [5.41, 5.74) is 4.48. The average Bonchev–Trinajstić information content (AvgIpc) is 3.89. The molecule has 5 N–H and O–H groups in total. The summed E-state index contributed by atoms with van der Waals surface area (Å²) in [7, 11) is 0. The number of aliphatic hydroxyl groups is 1. The Balaban J connectivity index is 1.13. The van der Waals surface area contributed by atoms with Gasteiger partial charge in [0.25, 0.3) is 5.56 Å². The zero-order valence-corrected chi connectivity index (χ0v) is 30.7. The van der Waals surface area contributed by atoms with Crippen LogP contribution in [0.5, 0.6) is 5.88 Å². The molecule has 0 radical (unpaired) electrons. The van der Waals surface area contributed by atoms with Crippen LogP contribution in [-0.2, 0) is 41.6 Å². The smallest absolute Gasteiger partial charge is 0.386 e. The standard InChI is InChI=1S/C27H35N9O12P2S2/c28-8-19(37)35-5-1-2-15(35)24(39)33-27-32-23-20(25(40)34-27)31-12-36(23)26-22-21(38)17(46-26)10-44-49(41,51)47-16-7-14(45-18-3-4-29-11-30-18)6-13(16)9-43-50(42,52)48-22/h3-4,11-17,21-22,26,38H,1-2,5-10,28H2,(H,41,51)(H,42,52)(H2,32,33,34,39,40)/t13-,14-,15-,16+,17-,21-,22-,26-,49-,50-/m1/s1. The summed E-state index contributed by atoms with van der Waals surface area (Å²) in [6.45, 7) is -9.06. The Morgan fingerprint density at radius 3 is 2.69 bits per heavy atom. The van der Waals surface area contributed by atoms with E-state index in [4.69, 9.17) is 33.3 Å². The largest absolute Gasteiger partial charge is 0.474 e. The van der Waals surface area contributed by atoms with Crippen molar-refractivity contribution in [1.29, 1.82) is 0 Å². The number of aromatic nitrogens is 6. The first kappa shape index (κ1) is 37.4. The Hall–Kier alpha value is -2.95. The number of rotatable bonds is 6. The highest BCUT2D eigenvalue weighted by atomic mass is 32.7. The van der Waals surface area contributed by atoms with Crippen LogP contribution in [0.2, 0.25) is 0 Å². The van der Waals surface area contributed by atoms with Gasteiger partial charge in [0, 0.05) is 31.1 Å². The molecule has 1 saturated carbocycles. The fraction of sp³-hybridized carbons (Fsp3) is 0.593. The summed E-state index contributed by atoms with van der Waals surface area (Å²) in [5, 5.41) is 13.9. The molecule has 7 rings (SSSR count). The molecule has 10 atom stereocenters. The van der Waals surface area contributed by atoms with Crippen molar-refractivity contribution in [2.45, 2.75) is 68.5 Å². The minimum Gasteiger partial charge on any atom is -0.474 e. The highest BCUT2D eigenvalue weighted by Gasteiger charge is 2.51. The fourth-order valence-corrected chi connectivity index (χ4v) is 9.78.